The van der Waals surface area contributed by atoms with Gasteiger partial charge in [0.15, 0.2) is 0 Å². The Morgan fingerprint density at radius 3 is 2.58 bits per heavy atom. The zero-order valence-electron chi connectivity index (χ0n) is 9.01. The van der Waals surface area contributed by atoms with E-state index in [1.807, 2.05) is 0 Å². The molecule has 0 unspecified atom stereocenters. The molecule has 1 rings (SSSR count). The summed E-state index contributed by atoms with van der Waals surface area (Å²) < 4.78 is 0. The fourth-order valence-electron chi connectivity index (χ4n) is 2.35. The summed E-state index contributed by atoms with van der Waals surface area (Å²) in [5, 5.41) is 0. The van der Waals surface area contributed by atoms with Crippen LogP contribution < -0.4 is 0 Å². The lowest BCUT2D eigenvalue weighted by Crippen LogP contribution is -2.45. The second-order valence-electron chi connectivity index (χ2n) is 4.52. The fourth-order valence-corrected chi connectivity index (χ4v) is 2.35. The van der Waals surface area contributed by atoms with Crippen molar-refractivity contribution < 1.29 is 0 Å². The van der Waals surface area contributed by atoms with E-state index in [0.717, 1.165) is 18.0 Å². The van der Waals surface area contributed by atoms with Crippen molar-refractivity contribution in [2.45, 2.75) is 59.0 Å². The average molecular weight is 169 g/mol. The molecule has 2 atom stereocenters. The number of likely N-dealkylation sites (tertiary alicyclic amines) is 1. The molecule has 0 aromatic rings. The number of nitrogens with zero attached hydrogens (tertiary/aromatic N) is 1. The van der Waals surface area contributed by atoms with Crippen molar-refractivity contribution in [1.29, 1.82) is 0 Å². The van der Waals surface area contributed by atoms with E-state index in [0.29, 0.717) is 0 Å². The number of hydrogen-bond acceptors (Lipinski definition) is 1. The molecule has 72 valence electrons. The summed E-state index contributed by atoms with van der Waals surface area (Å²) in [4.78, 5) is 2.67. The minimum Gasteiger partial charge on any atom is -0.298 e. The molecule has 0 radical (unpaired) electrons. The van der Waals surface area contributed by atoms with Crippen LogP contribution in [0.1, 0.15) is 47.0 Å². The monoisotopic (exact) mass is 169 g/mol. The van der Waals surface area contributed by atoms with E-state index < -0.39 is 0 Å². The van der Waals surface area contributed by atoms with Crippen LogP contribution in [0.5, 0.6) is 0 Å². The molecule has 1 aliphatic rings. The second-order valence-corrected chi connectivity index (χ2v) is 4.52. The van der Waals surface area contributed by atoms with Gasteiger partial charge < -0.3 is 0 Å². The Hall–Kier alpha value is -0.0400. The Morgan fingerprint density at radius 2 is 2.08 bits per heavy atom. The van der Waals surface area contributed by atoms with Gasteiger partial charge in [-0.25, -0.2) is 0 Å². The van der Waals surface area contributed by atoms with Gasteiger partial charge >= 0.3 is 0 Å². The maximum atomic E-state index is 2.67. The van der Waals surface area contributed by atoms with Gasteiger partial charge in [0.2, 0.25) is 0 Å². The van der Waals surface area contributed by atoms with E-state index in [-0.39, 0.29) is 0 Å². The van der Waals surface area contributed by atoms with Crippen molar-refractivity contribution in [2.75, 3.05) is 6.54 Å². The molecular weight excluding hydrogens is 146 g/mol. The van der Waals surface area contributed by atoms with Gasteiger partial charge in [0.25, 0.3) is 0 Å². The van der Waals surface area contributed by atoms with Gasteiger partial charge in [-0.3, -0.25) is 4.90 Å². The molecule has 0 saturated carbocycles. The van der Waals surface area contributed by atoms with Crippen LogP contribution in [0.15, 0.2) is 0 Å². The van der Waals surface area contributed by atoms with Crippen molar-refractivity contribution in [3.05, 3.63) is 0 Å². The van der Waals surface area contributed by atoms with Crippen LogP contribution in [0.25, 0.3) is 0 Å². The molecule has 1 aliphatic heterocycles. The molecule has 1 heterocycles. The van der Waals surface area contributed by atoms with Crippen molar-refractivity contribution in [2.24, 2.45) is 5.92 Å². The largest absolute Gasteiger partial charge is 0.298 e. The second kappa shape index (κ2) is 4.27. The van der Waals surface area contributed by atoms with E-state index in [1.165, 1.54) is 25.8 Å². The highest BCUT2D eigenvalue weighted by Crippen LogP contribution is 2.25. The van der Waals surface area contributed by atoms with Crippen LogP contribution in [0.4, 0.5) is 0 Å². The first-order valence-corrected chi connectivity index (χ1v) is 5.40. The molecule has 1 heteroatoms. The SMILES string of the molecule is CC[C@@H]1C[C@@H](C)CCN1C(C)C. The lowest BCUT2D eigenvalue weighted by Gasteiger charge is -2.40. The van der Waals surface area contributed by atoms with Gasteiger partial charge in [-0.2, -0.15) is 0 Å². The van der Waals surface area contributed by atoms with Gasteiger partial charge in [0.05, 0.1) is 0 Å². The summed E-state index contributed by atoms with van der Waals surface area (Å²) in [7, 11) is 0. The average Bonchev–Trinajstić information content (AvgIpc) is 2.03. The van der Waals surface area contributed by atoms with Crippen LogP contribution in [0, 0.1) is 5.92 Å². The van der Waals surface area contributed by atoms with E-state index in [9.17, 15) is 0 Å². The minimum absolute atomic E-state index is 0.738. The zero-order valence-corrected chi connectivity index (χ0v) is 9.01. The molecule has 0 spiro atoms. The Bertz CT molecular complexity index is 131. The summed E-state index contributed by atoms with van der Waals surface area (Å²) in [5.41, 5.74) is 0. The first-order chi connectivity index (χ1) is 5.65. The Kier molecular flexibility index (Phi) is 3.57. The number of hydrogen-bond donors (Lipinski definition) is 0. The molecule has 0 bridgehead atoms. The third-order valence-corrected chi connectivity index (χ3v) is 3.16. The van der Waals surface area contributed by atoms with Crippen LogP contribution in [-0.2, 0) is 0 Å². The van der Waals surface area contributed by atoms with E-state index >= 15 is 0 Å². The summed E-state index contributed by atoms with van der Waals surface area (Å²) in [5.74, 6) is 0.949. The topological polar surface area (TPSA) is 3.24 Å². The van der Waals surface area contributed by atoms with Crippen LogP contribution in [-0.4, -0.2) is 23.5 Å². The predicted molar refractivity (Wildman–Crippen MR) is 54.3 cm³/mol. The van der Waals surface area contributed by atoms with Crippen molar-refractivity contribution in [3.8, 4) is 0 Å². The Balaban J connectivity index is 2.50. The first kappa shape index (κ1) is 10.0. The number of piperidine rings is 1. The van der Waals surface area contributed by atoms with Crippen LogP contribution in [0.3, 0.4) is 0 Å². The molecule has 0 aliphatic carbocycles. The lowest BCUT2D eigenvalue weighted by atomic mass is 9.90. The van der Waals surface area contributed by atoms with E-state index in [4.69, 9.17) is 0 Å². The van der Waals surface area contributed by atoms with Crippen molar-refractivity contribution in [3.63, 3.8) is 0 Å². The summed E-state index contributed by atoms with van der Waals surface area (Å²) in [6.45, 7) is 10.7. The van der Waals surface area contributed by atoms with E-state index in [1.54, 1.807) is 0 Å². The van der Waals surface area contributed by atoms with Crippen LogP contribution in [0.2, 0.25) is 0 Å². The maximum absolute atomic E-state index is 2.67. The predicted octanol–water partition coefficient (Wildman–Crippen LogP) is 2.91. The molecule has 12 heavy (non-hydrogen) atoms. The first-order valence-electron chi connectivity index (χ1n) is 5.40. The van der Waals surface area contributed by atoms with Gasteiger partial charge in [-0.15, -0.1) is 0 Å². The molecule has 0 amide bonds. The summed E-state index contributed by atoms with van der Waals surface area (Å²) in [6, 6.07) is 1.59. The van der Waals surface area contributed by atoms with Gasteiger partial charge in [-0.1, -0.05) is 13.8 Å². The Morgan fingerprint density at radius 1 is 1.42 bits per heavy atom. The maximum Gasteiger partial charge on any atom is 0.00978 e. The summed E-state index contributed by atoms with van der Waals surface area (Å²) in [6.07, 6.45) is 4.13. The molecule has 1 saturated heterocycles. The zero-order chi connectivity index (χ0) is 9.14. The normalized spacial score (nSPS) is 32.8. The Labute approximate surface area is 77.1 Å². The highest BCUT2D eigenvalue weighted by molar-refractivity contribution is 4.80. The molecule has 1 fully saturated rings. The van der Waals surface area contributed by atoms with Crippen molar-refractivity contribution in [1.82, 2.24) is 4.90 Å². The third kappa shape index (κ3) is 2.22. The molecule has 0 aromatic carbocycles. The van der Waals surface area contributed by atoms with E-state index in [2.05, 4.69) is 32.6 Å². The molecule has 0 N–H and O–H groups in total. The lowest BCUT2D eigenvalue weighted by molar-refractivity contribution is 0.0839. The third-order valence-electron chi connectivity index (χ3n) is 3.16. The molecule has 1 nitrogen and oxygen atoms in total. The highest BCUT2D eigenvalue weighted by atomic mass is 15.2. The quantitative estimate of drug-likeness (QED) is 0.614. The van der Waals surface area contributed by atoms with Crippen LogP contribution >= 0.6 is 0 Å². The fraction of sp³-hybridized carbons (Fsp3) is 1.00. The van der Waals surface area contributed by atoms with Crippen molar-refractivity contribution >= 4 is 0 Å². The van der Waals surface area contributed by atoms with Gasteiger partial charge in [0, 0.05) is 12.1 Å². The van der Waals surface area contributed by atoms with Gasteiger partial charge in [0.1, 0.15) is 0 Å². The minimum atomic E-state index is 0.738. The molecular formula is C11H23N. The molecule has 0 aromatic heterocycles. The standard InChI is InChI=1S/C11H23N/c1-5-11-8-10(4)6-7-12(11)9(2)3/h9-11H,5-8H2,1-4H3/t10-,11+/m0/s1. The smallest absolute Gasteiger partial charge is 0.00978 e. The highest BCUT2D eigenvalue weighted by Gasteiger charge is 2.26. The van der Waals surface area contributed by atoms with Gasteiger partial charge in [-0.05, 0) is 45.6 Å². The summed E-state index contributed by atoms with van der Waals surface area (Å²) >= 11 is 0. The number of rotatable bonds is 2.